The van der Waals surface area contributed by atoms with Crippen LogP contribution in [0.4, 0.5) is 0 Å². The Bertz CT molecular complexity index is 922. The summed E-state index contributed by atoms with van der Waals surface area (Å²) < 4.78 is 0. The average Bonchev–Trinajstić information content (AvgIpc) is 2.65. The van der Waals surface area contributed by atoms with Gasteiger partial charge in [0.15, 0.2) is 0 Å². The predicted molar refractivity (Wildman–Crippen MR) is 101 cm³/mol. The molecule has 5 heteroatoms. The summed E-state index contributed by atoms with van der Waals surface area (Å²) in [5.74, 6) is -0.0996. The number of carbonyl (C=O) groups excluding carboxylic acids is 1. The molecular formula is C20H18ClN3O. The van der Waals surface area contributed by atoms with Gasteiger partial charge < -0.3 is 4.90 Å². The van der Waals surface area contributed by atoms with Crippen molar-refractivity contribution in [1.82, 2.24) is 14.9 Å². The number of amides is 1. The first-order valence-electron chi connectivity index (χ1n) is 7.97. The Morgan fingerprint density at radius 2 is 1.80 bits per heavy atom. The highest BCUT2D eigenvalue weighted by atomic mass is 35.5. The third-order valence-electron chi connectivity index (χ3n) is 4.14. The molecule has 4 nitrogen and oxygen atoms in total. The summed E-state index contributed by atoms with van der Waals surface area (Å²) in [4.78, 5) is 22.9. The second-order valence-electron chi connectivity index (χ2n) is 5.79. The van der Waals surface area contributed by atoms with E-state index in [1.54, 1.807) is 24.2 Å². The number of hydrogen-bond donors (Lipinski definition) is 0. The number of para-hydroxylation sites is 2. The number of halogens is 1. The first-order chi connectivity index (χ1) is 12.0. The molecule has 1 heterocycles. The lowest BCUT2D eigenvalue weighted by Crippen LogP contribution is -2.27. The van der Waals surface area contributed by atoms with Crippen molar-refractivity contribution in [1.29, 1.82) is 0 Å². The smallest absolute Gasteiger partial charge is 0.246 e. The maximum atomic E-state index is 12.4. The SMILES string of the molecule is CC(c1ccc(Cl)cc1)N(C)C(=O)/C=C/c1cnc2ccccc2n1. The van der Waals surface area contributed by atoms with Gasteiger partial charge in [-0.2, -0.15) is 0 Å². The summed E-state index contributed by atoms with van der Waals surface area (Å²) in [5.41, 5.74) is 3.32. The van der Waals surface area contributed by atoms with Gasteiger partial charge in [0, 0.05) is 18.1 Å². The zero-order valence-electron chi connectivity index (χ0n) is 14.1. The molecule has 0 fully saturated rings. The maximum absolute atomic E-state index is 12.4. The van der Waals surface area contributed by atoms with Gasteiger partial charge >= 0.3 is 0 Å². The van der Waals surface area contributed by atoms with Crippen LogP contribution in [0, 0.1) is 0 Å². The molecule has 0 N–H and O–H groups in total. The van der Waals surface area contributed by atoms with Crippen LogP contribution in [0.5, 0.6) is 0 Å². The molecule has 25 heavy (non-hydrogen) atoms. The van der Waals surface area contributed by atoms with Crippen LogP contribution in [-0.4, -0.2) is 27.8 Å². The summed E-state index contributed by atoms with van der Waals surface area (Å²) >= 11 is 5.91. The third-order valence-corrected chi connectivity index (χ3v) is 4.40. The molecule has 1 atom stereocenters. The highest BCUT2D eigenvalue weighted by Gasteiger charge is 2.15. The van der Waals surface area contributed by atoms with E-state index in [-0.39, 0.29) is 11.9 Å². The zero-order valence-corrected chi connectivity index (χ0v) is 14.8. The van der Waals surface area contributed by atoms with Crippen LogP contribution in [0.1, 0.15) is 24.2 Å². The molecule has 1 aromatic heterocycles. The number of carbonyl (C=O) groups is 1. The number of likely N-dealkylation sites (N-methyl/N-ethyl adjacent to an activating group) is 1. The number of fused-ring (bicyclic) bond motifs is 1. The Kier molecular flexibility index (Phi) is 5.10. The standard InChI is InChI=1S/C20H18ClN3O/c1-14(15-7-9-16(21)10-8-15)24(2)20(25)12-11-17-13-22-18-5-3-4-6-19(18)23-17/h3-14H,1-2H3/b12-11+. The number of nitrogens with zero attached hydrogens (tertiary/aromatic N) is 3. The van der Waals surface area contributed by atoms with Crippen LogP contribution in [0.25, 0.3) is 17.1 Å². The maximum Gasteiger partial charge on any atom is 0.246 e. The number of rotatable bonds is 4. The van der Waals surface area contributed by atoms with E-state index in [9.17, 15) is 4.79 Å². The van der Waals surface area contributed by atoms with Crippen LogP contribution in [0.3, 0.4) is 0 Å². The molecule has 0 saturated heterocycles. The normalized spacial score (nSPS) is 12.4. The number of aromatic nitrogens is 2. The Hall–Kier alpha value is -2.72. The largest absolute Gasteiger partial charge is 0.335 e. The Labute approximate surface area is 151 Å². The summed E-state index contributed by atoms with van der Waals surface area (Å²) in [7, 11) is 1.78. The second-order valence-corrected chi connectivity index (χ2v) is 6.23. The lowest BCUT2D eigenvalue weighted by molar-refractivity contribution is -0.126. The molecular weight excluding hydrogens is 334 g/mol. The molecule has 0 radical (unpaired) electrons. The van der Waals surface area contributed by atoms with Gasteiger partial charge in [-0.05, 0) is 42.8 Å². The van der Waals surface area contributed by atoms with E-state index < -0.39 is 0 Å². The van der Waals surface area contributed by atoms with E-state index in [4.69, 9.17) is 11.6 Å². The molecule has 1 amide bonds. The van der Waals surface area contributed by atoms with Gasteiger partial charge in [0.2, 0.25) is 5.91 Å². The van der Waals surface area contributed by atoms with E-state index in [0.29, 0.717) is 10.7 Å². The molecule has 0 aliphatic carbocycles. The topological polar surface area (TPSA) is 46.1 Å². The van der Waals surface area contributed by atoms with E-state index in [1.165, 1.54) is 6.08 Å². The van der Waals surface area contributed by atoms with Crippen molar-refractivity contribution in [2.24, 2.45) is 0 Å². The molecule has 3 rings (SSSR count). The molecule has 0 bridgehead atoms. The monoisotopic (exact) mass is 351 g/mol. The van der Waals surface area contributed by atoms with Crippen LogP contribution in [0.2, 0.25) is 5.02 Å². The lowest BCUT2D eigenvalue weighted by atomic mass is 10.1. The number of benzene rings is 2. The first-order valence-corrected chi connectivity index (χ1v) is 8.34. The fourth-order valence-corrected chi connectivity index (χ4v) is 2.61. The molecule has 3 aromatic rings. The highest BCUT2D eigenvalue weighted by molar-refractivity contribution is 6.30. The van der Waals surface area contributed by atoms with Crippen LogP contribution < -0.4 is 0 Å². The van der Waals surface area contributed by atoms with Crippen molar-refractivity contribution >= 4 is 34.6 Å². The molecule has 1 unspecified atom stereocenters. The zero-order chi connectivity index (χ0) is 17.8. The quantitative estimate of drug-likeness (QED) is 0.649. The van der Waals surface area contributed by atoms with Gasteiger partial charge in [0.05, 0.1) is 29.0 Å². The third kappa shape index (κ3) is 4.03. The van der Waals surface area contributed by atoms with E-state index in [1.807, 2.05) is 55.5 Å². The molecule has 0 aliphatic heterocycles. The highest BCUT2D eigenvalue weighted by Crippen LogP contribution is 2.21. The van der Waals surface area contributed by atoms with E-state index in [0.717, 1.165) is 16.6 Å². The Balaban J connectivity index is 1.73. The summed E-state index contributed by atoms with van der Waals surface area (Å²) in [5, 5.41) is 0.680. The second kappa shape index (κ2) is 7.45. The average molecular weight is 352 g/mol. The molecule has 2 aromatic carbocycles. The van der Waals surface area contributed by atoms with Gasteiger partial charge in [-0.25, -0.2) is 4.98 Å². The van der Waals surface area contributed by atoms with Gasteiger partial charge in [-0.15, -0.1) is 0 Å². The first kappa shape index (κ1) is 17.1. The Morgan fingerprint density at radius 3 is 2.52 bits per heavy atom. The van der Waals surface area contributed by atoms with Gasteiger partial charge in [-0.1, -0.05) is 35.9 Å². The van der Waals surface area contributed by atoms with Crippen LogP contribution >= 0.6 is 11.6 Å². The Morgan fingerprint density at radius 1 is 1.12 bits per heavy atom. The van der Waals surface area contributed by atoms with Crippen LogP contribution in [0.15, 0.2) is 60.8 Å². The summed E-state index contributed by atoms with van der Waals surface area (Å²) in [6.07, 6.45) is 4.87. The van der Waals surface area contributed by atoms with Crippen molar-refractivity contribution in [3.05, 3.63) is 77.1 Å². The fraction of sp³-hybridized carbons (Fsp3) is 0.150. The van der Waals surface area contributed by atoms with Crippen molar-refractivity contribution in [3.63, 3.8) is 0 Å². The molecule has 126 valence electrons. The van der Waals surface area contributed by atoms with E-state index >= 15 is 0 Å². The van der Waals surface area contributed by atoms with Crippen molar-refractivity contribution in [2.75, 3.05) is 7.05 Å². The van der Waals surface area contributed by atoms with Gasteiger partial charge in [-0.3, -0.25) is 9.78 Å². The van der Waals surface area contributed by atoms with Crippen molar-refractivity contribution in [3.8, 4) is 0 Å². The van der Waals surface area contributed by atoms with Crippen molar-refractivity contribution < 1.29 is 4.79 Å². The minimum atomic E-state index is -0.0996. The molecule has 0 saturated carbocycles. The van der Waals surface area contributed by atoms with Gasteiger partial charge in [0.1, 0.15) is 0 Å². The molecule has 0 spiro atoms. The van der Waals surface area contributed by atoms with Crippen molar-refractivity contribution in [2.45, 2.75) is 13.0 Å². The van der Waals surface area contributed by atoms with Crippen LogP contribution in [-0.2, 0) is 4.79 Å². The summed E-state index contributed by atoms with van der Waals surface area (Å²) in [6, 6.07) is 15.1. The predicted octanol–water partition coefficient (Wildman–Crippen LogP) is 4.52. The van der Waals surface area contributed by atoms with E-state index in [2.05, 4.69) is 9.97 Å². The minimum absolute atomic E-state index is 0.0582. The number of hydrogen-bond acceptors (Lipinski definition) is 3. The molecule has 0 aliphatic rings. The van der Waals surface area contributed by atoms with Gasteiger partial charge in [0.25, 0.3) is 0 Å². The minimum Gasteiger partial charge on any atom is -0.335 e. The fourth-order valence-electron chi connectivity index (χ4n) is 2.48. The lowest BCUT2D eigenvalue weighted by Gasteiger charge is -2.24. The summed E-state index contributed by atoms with van der Waals surface area (Å²) in [6.45, 7) is 1.98.